The van der Waals surface area contributed by atoms with Gasteiger partial charge in [0.2, 0.25) is 5.91 Å². The number of ether oxygens (including phenoxy) is 2. The number of carbonyl (C=O) groups is 2. The van der Waals surface area contributed by atoms with Crippen LogP contribution in [0.25, 0.3) is 0 Å². The van der Waals surface area contributed by atoms with Crippen molar-refractivity contribution in [3.8, 4) is 0 Å². The van der Waals surface area contributed by atoms with Crippen LogP contribution in [-0.2, 0) is 20.4 Å². The van der Waals surface area contributed by atoms with Crippen LogP contribution in [0.3, 0.4) is 0 Å². The minimum atomic E-state index is -4.59. The highest BCUT2D eigenvalue weighted by atomic mass is 19.4. The number of hydrogen-bond donors (Lipinski definition) is 2. The summed E-state index contributed by atoms with van der Waals surface area (Å²) in [7, 11) is 0. The SMILES string of the molecule is Cc1ccc(NC(=O)[C@H]2C[C@H]3COCC3N(C(=O)c3c(C)cccc3F)[C@H]2c2ccc(NC3CCOCC3)cc2)cc1C(F)(F)F. The molecule has 0 saturated carbocycles. The molecule has 2 N–H and O–H groups in total. The van der Waals surface area contributed by atoms with E-state index in [1.165, 1.54) is 31.2 Å². The van der Waals surface area contributed by atoms with Crippen molar-refractivity contribution in [1.29, 1.82) is 0 Å². The Kier molecular flexibility index (Phi) is 9.07. The Hall–Kier alpha value is -3.96. The maximum atomic E-state index is 15.2. The number of nitrogens with zero attached hydrogens (tertiary/aromatic N) is 1. The number of amides is 2. The number of fused-ring (bicyclic) bond motifs is 1. The van der Waals surface area contributed by atoms with Crippen LogP contribution in [0.1, 0.15) is 57.9 Å². The van der Waals surface area contributed by atoms with Crippen molar-refractivity contribution in [3.63, 3.8) is 0 Å². The first-order valence-electron chi connectivity index (χ1n) is 15.6. The van der Waals surface area contributed by atoms with Crippen LogP contribution in [-0.4, -0.2) is 55.2 Å². The van der Waals surface area contributed by atoms with Gasteiger partial charge in [-0.3, -0.25) is 9.59 Å². The number of benzene rings is 3. The number of anilines is 2. The van der Waals surface area contributed by atoms with Gasteiger partial charge in [-0.1, -0.05) is 30.3 Å². The van der Waals surface area contributed by atoms with Gasteiger partial charge in [-0.05, 0) is 80.1 Å². The number of likely N-dealkylation sites (tertiary alicyclic amines) is 1. The van der Waals surface area contributed by atoms with Gasteiger partial charge in [0.05, 0.1) is 42.3 Å². The lowest BCUT2D eigenvalue weighted by molar-refractivity contribution is -0.138. The quantitative estimate of drug-likeness (QED) is 0.287. The summed E-state index contributed by atoms with van der Waals surface area (Å²) in [6, 6.07) is 14.6. The highest BCUT2D eigenvalue weighted by molar-refractivity contribution is 5.98. The van der Waals surface area contributed by atoms with E-state index in [1.54, 1.807) is 17.9 Å². The van der Waals surface area contributed by atoms with Crippen molar-refractivity contribution in [1.82, 2.24) is 4.90 Å². The molecular formula is C35H37F4N3O4. The summed E-state index contributed by atoms with van der Waals surface area (Å²) in [4.78, 5) is 30.0. The average molecular weight is 640 g/mol. The third-order valence-corrected chi connectivity index (χ3v) is 9.42. The van der Waals surface area contributed by atoms with Crippen molar-refractivity contribution >= 4 is 23.2 Å². The number of carbonyl (C=O) groups excluding carboxylic acids is 2. The van der Waals surface area contributed by atoms with Gasteiger partial charge in [0.15, 0.2) is 0 Å². The van der Waals surface area contributed by atoms with Gasteiger partial charge in [-0.15, -0.1) is 0 Å². The lowest BCUT2D eigenvalue weighted by Gasteiger charge is -2.47. The van der Waals surface area contributed by atoms with E-state index in [4.69, 9.17) is 9.47 Å². The Balaban J connectivity index is 1.38. The molecular weight excluding hydrogens is 602 g/mol. The molecule has 7 nitrogen and oxygen atoms in total. The number of rotatable bonds is 6. The van der Waals surface area contributed by atoms with Crippen LogP contribution in [0.15, 0.2) is 60.7 Å². The Labute approximate surface area is 265 Å². The largest absolute Gasteiger partial charge is 0.416 e. The maximum Gasteiger partial charge on any atom is 0.416 e. The van der Waals surface area contributed by atoms with Crippen molar-refractivity contribution in [3.05, 3.63) is 94.3 Å². The summed E-state index contributed by atoms with van der Waals surface area (Å²) >= 11 is 0. The van der Waals surface area contributed by atoms with E-state index in [1.807, 2.05) is 24.3 Å². The Morgan fingerprint density at radius 2 is 1.61 bits per heavy atom. The molecule has 11 heteroatoms. The first kappa shape index (κ1) is 32.0. The fourth-order valence-corrected chi connectivity index (χ4v) is 7.02. The molecule has 0 bridgehead atoms. The van der Waals surface area contributed by atoms with Crippen LogP contribution >= 0.6 is 0 Å². The summed E-state index contributed by atoms with van der Waals surface area (Å²) in [6.07, 6.45) is -2.51. The standard InChI is InChI=1S/C35H37F4N3O4/c1-20-6-9-26(17-28(20)35(37,38)39)41-33(43)27-16-23-18-46-19-30(23)42(34(44)31-21(2)4-3-5-29(31)36)32(27)22-7-10-24(11-8-22)40-25-12-14-45-15-13-25/h3-11,17,23,25,27,30,32,40H,12-16,18-19H2,1-2H3,(H,41,43)/t23-,27-,30?,32-/m0/s1. The molecule has 3 heterocycles. The van der Waals surface area contributed by atoms with Crippen LogP contribution in [0.5, 0.6) is 0 Å². The molecule has 46 heavy (non-hydrogen) atoms. The molecule has 2 amide bonds. The fraction of sp³-hybridized carbons (Fsp3) is 0.429. The predicted octanol–water partition coefficient (Wildman–Crippen LogP) is 6.91. The molecule has 3 aliphatic heterocycles. The number of alkyl halides is 3. The zero-order valence-electron chi connectivity index (χ0n) is 25.7. The van der Waals surface area contributed by atoms with E-state index >= 15 is 4.39 Å². The third-order valence-electron chi connectivity index (χ3n) is 9.42. The molecule has 0 aromatic heterocycles. The average Bonchev–Trinajstić information content (AvgIpc) is 3.50. The lowest BCUT2D eigenvalue weighted by Crippen LogP contribution is -2.55. The van der Waals surface area contributed by atoms with E-state index < -0.39 is 47.4 Å². The summed E-state index contributed by atoms with van der Waals surface area (Å²) in [6.45, 7) is 4.91. The normalized spacial score (nSPS) is 23.6. The van der Waals surface area contributed by atoms with Gasteiger partial charge >= 0.3 is 6.18 Å². The molecule has 0 spiro atoms. The van der Waals surface area contributed by atoms with Crippen molar-refractivity contribution in [2.75, 3.05) is 37.1 Å². The molecule has 3 fully saturated rings. The van der Waals surface area contributed by atoms with E-state index in [-0.39, 0.29) is 35.4 Å². The first-order chi connectivity index (χ1) is 22.0. The Morgan fingerprint density at radius 3 is 2.30 bits per heavy atom. The molecule has 3 aliphatic rings. The molecule has 3 saturated heterocycles. The highest BCUT2D eigenvalue weighted by Gasteiger charge is 2.51. The van der Waals surface area contributed by atoms with Crippen molar-refractivity contribution in [2.45, 2.75) is 57.4 Å². The number of halogens is 4. The smallest absolute Gasteiger partial charge is 0.382 e. The molecule has 0 radical (unpaired) electrons. The van der Waals surface area contributed by atoms with Crippen LogP contribution in [0, 0.1) is 31.5 Å². The second-order valence-corrected chi connectivity index (χ2v) is 12.5. The number of piperidine rings is 1. The van der Waals surface area contributed by atoms with E-state index in [0.717, 1.165) is 24.6 Å². The zero-order chi connectivity index (χ0) is 32.6. The van der Waals surface area contributed by atoms with E-state index in [2.05, 4.69) is 10.6 Å². The molecule has 244 valence electrons. The lowest BCUT2D eigenvalue weighted by atomic mass is 9.76. The number of aryl methyl sites for hydroxylation is 2. The van der Waals surface area contributed by atoms with Crippen molar-refractivity contribution < 1.29 is 36.6 Å². The number of hydrogen-bond acceptors (Lipinski definition) is 5. The van der Waals surface area contributed by atoms with Crippen LogP contribution in [0.2, 0.25) is 0 Å². The Bertz CT molecular complexity index is 1570. The van der Waals surface area contributed by atoms with Gasteiger partial charge in [0.1, 0.15) is 5.82 Å². The van der Waals surface area contributed by atoms with Crippen molar-refractivity contribution in [2.24, 2.45) is 11.8 Å². The summed E-state index contributed by atoms with van der Waals surface area (Å²) in [5.41, 5.74) is 1.12. The fourth-order valence-electron chi connectivity index (χ4n) is 7.02. The second kappa shape index (κ2) is 13.0. The summed E-state index contributed by atoms with van der Waals surface area (Å²) in [5, 5.41) is 6.21. The predicted molar refractivity (Wildman–Crippen MR) is 165 cm³/mol. The van der Waals surface area contributed by atoms with E-state index in [9.17, 15) is 22.8 Å². The van der Waals surface area contributed by atoms with Gasteiger partial charge in [-0.25, -0.2) is 4.39 Å². The molecule has 3 aromatic rings. The van der Waals surface area contributed by atoms with Crippen LogP contribution < -0.4 is 10.6 Å². The van der Waals surface area contributed by atoms with Gasteiger partial charge in [0.25, 0.3) is 5.91 Å². The molecule has 3 aromatic carbocycles. The second-order valence-electron chi connectivity index (χ2n) is 12.5. The Morgan fingerprint density at radius 1 is 0.891 bits per heavy atom. The van der Waals surface area contributed by atoms with Crippen LogP contribution in [0.4, 0.5) is 28.9 Å². The van der Waals surface area contributed by atoms with Gasteiger partial charge in [-0.2, -0.15) is 13.2 Å². The number of nitrogens with one attached hydrogen (secondary N) is 2. The summed E-state index contributed by atoms with van der Waals surface area (Å²) in [5.74, 6) is -2.83. The molecule has 6 rings (SSSR count). The first-order valence-corrected chi connectivity index (χ1v) is 15.6. The van der Waals surface area contributed by atoms with Gasteiger partial charge in [0, 0.05) is 36.5 Å². The molecule has 4 atom stereocenters. The molecule has 0 aliphatic carbocycles. The zero-order valence-corrected chi connectivity index (χ0v) is 25.7. The third kappa shape index (κ3) is 6.48. The minimum Gasteiger partial charge on any atom is -0.382 e. The van der Waals surface area contributed by atoms with E-state index in [0.29, 0.717) is 37.4 Å². The molecule has 1 unspecified atom stereocenters. The maximum absolute atomic E-state index is 15.2. The minimum absolute atomic E-state index is 0.00491. The topological polar surface area (TPSA) is 79.9 Å². The monoisotopic (exact) mass is 639 g/mol. The summed E-state index contributed by atoms with van der Waals surface area (Å²) < 4.78 is 67.6. The van der Waals surface area contributed by atoms with Gasteiger partial charge < -0.3 is 25.0 Å². The highest BCUT2D eigenvalue weighted by Crippen LogP contribution is 2.46.